The lowest BCUT2D eigenvalue weighted by Gasteiger charge is -2.33. The Morgan fingerprint density at radius 1 is 1.42 bits per heavy atom. The maximum atomic E-state index is 11.7. The third kappa shape index (κ3) is 2.98. The smallest absolute Gasteiger partial charge is 0.375 e. The summed E-state index contributed by atoms with van der Waals surface area (Å²) in [5, 5.41) is 0. The molecular weight excluding hydrogens is 171 g/mol. The zero-order chi connectivity index (χ0) is 9.19. The molecule has 1 heterocycles. The Labute approximate surface area is 68.9 Å². The van der Waals surface area contributed by atoms with Crippen molar-refractivity contribution >= 4 is 0 Å². The van der Waals surface area contributed by atoms with Crippen LogP contribution in [-0.4, -0.2) is 24.9 Å². The maximum absolute atomic E-state index is 11.7. The Bertz CT molecular complexity index is 148. The van der Waals surface area contributed by atoms with E-state index in [1.807, 2.05) is 0 Å². The highest BCUT2D eigenvalue weighted by Gasteiger charge is 2.31. The average molecular weight is 183 g/mol. The Kier molecular flexibility index (Phi) is 2.95. The highest BCUT2D eigenvalue weighted by molar-refractivity contribution is 4.81. The van der Waals surface area contributed by atoms with E-state index in [1.54, 1.807) is 0 Å². The molecule has 0 aromatic rings. The van der Waals surface area contributed by atoms with Crippen molar-refractivity contribution in [2.24, 2.45) is 5.73 Å². The van der Waals surface area contributed by atoms with E-state index in [4.69, 9.17) is 10.5 Å². The van der Waals surface area contributed by atoms with Gasteiger partial charge in [-0.2, -0.15) is 13.2 Å². The molecule has 2 atom stereocenters. The third-order valence-electron chi connectivity index (χ3n) is 1.93. The lowest BCUT2D eigenvalue weighted by molar-refractivity contribution is -0.140. The van der Waals surface area contributed by atoms with Gasteiger partial charge in [-0.15, -0.1) is 0 Å². The second-order valence-electron chi connectivity index (χ2n) is 3.04. The van der Waals surface area contributed by atoms with Crippen molar-refractivity contribution in [3.63, 3.8) is 0 Å². The molecule has 0 radical (unpaired) electrons. The molecule has 1 aliphatic rings. The van der Waals surface area contributed by atoms with Crippen molar-refractivity contribution in [2.75, 3.05) is 6.61 Å². The summed E-state index contributed by atoms with van der Waals surface area (Å²) in [5.74, 6) is 0. The van der Waals surface area contributed by atoms with Gasteiger partial charge >= 0.3 is 6.18 Å². The molecule has 2 unspecified atom stereocenters. The van der Waals surface area contributed by atoms with Crippen LogP contribution in [0.15, 0.2) is 0 Å². The summed E-state index contributed by atoms with van der Waals surface area (Å²) in [6, 6.07) is -0.0572. The first kappa shape index (κ1) is 9.80. The molecule has 1 saturated heterocycles. The Balaban J connectivity index is 2.03. The van der Waals surface area contributed by atoms with E-state index in [0.717, 1.165) is 0 Å². The van der Waals surface area contributed by atoms with Gasteiger partial charge in [-0.05, 0) is 12.8 Å². The van der Waals surface area contributed by atoms with Gasteiger partial charge in [0.05, 0.1) is 18.8 Å². The van der Waals surface area contributed by atoms with Gasteiger partial charge in [0, 0.05) is 6.42 Å². The molecule has 0 amide bonds. The lowest BCUT2D eigenvalue weighted by Crippen LogP contribution is -2.51. The fourth-order valence-electron chi connectivity index (χ4n) is 1.14. The number of nitrogens with two attached hydrogens (primary N) is 1. The molecule has 72 valence electrons. The number of rotatable bonds is 3. The van der Waals surface area contributed by atoms with Crippen LogP contribution in [0, 0.1) is 0 Å². The highest BCUT2D eigenvalue weighted by atomic mass is 19.4. The highest BCUT2D eigenvalue weighted by Crippen LogP contribution is 2.25. The molecule has 1 fully saturated rings. The van der Waals surface area contributed by atoms with Crippen molar-refractivity contribution in [3.05, 3.63) is 0 Å². The van der Waals surface area contributed by atoms with Crippen molar-refractivity contribution in [1.82, 2.24) is 0 Å². The number of ether oxygens (including phenoxy) is 1. The van der Waals surface area contributed by atoms with Crippen molar-refractivity contribution in [3.8, 4) is 0 Å². The SMILES string of the molecule is NC1COC1CCCC(F)(F)F. The molecule has 1 rings (SSSR count). The second kappa shape index (κ2) is 3.62. The van der Waals surface area contributed by atoms with E-state index < -0.39 is 12.6 Å². The zero-order valence-electron chi connectivity index (χ0n) is 6.60. The van der Waals surface area contributed by atoms with Crippen LogP contribution in [0.5, 0.6) is 0 Å². The number of halogens is 3. The molecule has 0 aromatic carbocycles. The van der Waals surface area contributed by atoms with E-state index >= 15 is 0 Å². The largest absolute Gasteiger partial charge is 0.389 e. The molecule has 0 saturated carbocycles. The Morgan fingerprint density at radius 2 is 2.08 bits per heavy atom. The van der Waals surface area contributed by atoms with Gasteiger partial charge in [0.2, 0.25) is 0 Å². The van der Waals surface area contributed by atoms with Crippen molar-refractivity contribution < 1.29 is 17.9 Å². The van der Waals surface area contributed by atoms with Crippen molar-refractivity contribution in [2.45, 2.75) is 37.6 Å². The molecule has 5 heteroatoms. The maximum Gasteiger partial charge on any atom is 0.389 e. The van der Waals surface area contributed by atoms with Crippen LogP contribution in [0.2, 0.25) is 0 Å². The summed E-state index contributed by atoms with van der Waals surface area (Å²) in [7, 11) is 0. The van der Waals surface area contributed by atoms with Gasteiger partial charge in [0.1, 0.15) is 0 Å². The van der Waals surface area contributed by atoms with E-state index in [2.05, 4.69) is 0 Å². The van der Waals surface area contributed by atoms with Crippen LogP contribution in [-0.2, 0) is 4.74 Å². The first-order valence-electron chi connectivity index (χ1n) is 3.93. The molecule has 2 nitrogen and oxygen atoms in total. The summed E-state index contributed by atoms with van der Waals surface area (Å²) in [5.41, 5.74) is 5.47. The number of hydrogen-bond donors (Lipinski definition) is 1. The standard InChI is InChI=1S/C7H12F3NO/c8-7(9,10)3-1-2-6-5(11)4-12-6/h5-6H,1-4,11H2. The summed E-state index contributed by atoms with van der Waals surface area (Å²) >= 11 is 0. The van der Waals surface area contributed by atoms with E-state index in [9.17, 15) is 13.2 Å². The predicted octanol–water partition coefficient (Wildman–Crippen LogP) is 1.45. The van der Waals surface area contributed by atoms with Gasteiger partial charge in [-0.3, -0.25) is 0 Å². The summed E-state index contributed by atoms with van der Waals surface area (Å²) < 4.78 is 39.9. The molecule has 0 aromatic heterocycles. The molecule has 2 N–H and O–H groups in total. The first-order chi connectivity index (χ1) is 5.49. The van der Waals surface area contributed by atoms with Crippen LogP contribution >= 0.6 is 0 Å². The Morgan fingerprint density at radius 3 is 2.42 bits per heavy atom. The van der Waals surface area contributed by atoms with Gasteiger partial charge < -0.3 is 10.5 Å². The van der Waals surface area contributed by atoms with Crippen LogP contribution in [0.3, 0.4) is 0 Å². The topological polar surface area (TPSA) is 35.2 Å². The minimum Gasteiger partial charge on any atom is -0.375 e. The summed E-state index contributed by atoms with van der Waals surface area (Å²) in [6.45, 7) is 0.483. The first-order valence-corrected chi connectivity index (χ1v) is 3.93. The van der Waals surface area contributed by atoms with Crippen molar-refractivity contribution in [1.29, 1.82) is 0 Å². The molecule has 0 aliphatic carbocycles. The second-order valence-corrected chi connectivity index (χ2v) is 3.04. The molecule has 12 heavy (non-hydrogen) atoms. The fourth-order valence-corrected chi connectivity index (χ4v) is 1.14. The predicted molar refractivity (Wildman–Crippen MR) is 37.6 cm³/mol. The van der Waals surface area contributed by atoms with Gasteiger partial charge in [-0.25, -0.2) is 0 Å². The minimum atomic E-state index is -4.05. The average Bonchev–Trinajstić information content (AvgIpc) is 1.93. The third-order valence-corrected chi connectivity index (χ3v) is 1.93. The van der Waals surface area contributed by atoms with Crippen LogP contribution in [0.4, 0.5) is 13.2 Å². The van der Waals surface area contributed by atoms with Crippen LogP contribution in [0.1, 0.15) is 19.3 Å². The van der Waals surface area contributed by atoms with Crippen LogP contribution in [0.25, 0.3) is 0 Å². The molecule has 0 bridgehead atoms. The van der Waals surface area contributed by atoms with Crippen LogP contribution < -0.4 is 5.73 Å². The molecule has 0 spiro atoms. The zero-order valence-corrected chi connectivity index (χ0v) is 6.60. The van der Waals surface area contributed by atoms with Gasteiger partial charge in [0.15, 0.2) is 0 Å². The number of alkyl halides is 3. The Hall–Kier alpha value is -0.290. The quantitative estimate of drug-likeness (QED) is 0.718. The minimum absolute atomic E-state index is 0.0572. The molecule has 1 aliphatic heterocycles. The van der Waals surface area contributed by atoms with E-state index in [-0.39, 0.29) is 18.6 Å². The number of hydrogen-bond acceptors (Lipinski definition) is 2. The molecular formula is C7H12F3NO. The van der Waals surface area contributed by atoms with E-state index in [1.165, 1.54) is 0 Å². The lowest BCUT2D eigenvalue weighted by atomic mass is 10.0. The van der Waals surface area contributed by atoms with E-state index in [0.29, 0.717) is 13.0 Å². The summed E-state index contributed by atoms with van der Waals surface area (Å²) in [6.07, 6.45) is -4.40. The normalized spacial score (nSPS) is 30.0. The monoisotopic (exact) mass is 183 g/mol. The summed E-state index contributed by atoms with van der Waals surface area (Å²) in [4.78, 5) is 0. The fraction of sp³-hybridized carbons (Fsp3) is 1.00. The van der Waals surface area contributed by atoms with Gasteiger partial charge in [-0.1, -0.05) is 0 Å². The van der Waals surface area contributed by atoms with Gasteiger partial charge in [0.25, 0.3) is 0 Å².